The molecule has 0 atom stereocenters. The minimum Gasteiger partial charge on any atom is -0.497 e. The number of benzene rings is 3. The highest BCUT2D eigenvalue weighted by atomic mass is 16.5. The Morgan fingerprint density at radius 3 is 2.32 bits per heavy atom. The number of carbonyl (C=O) groups excluding carboxylic acids is 1. The summed E-state index contributed by atoms with van der Waals surface area (Å²) in [4.78, 5) is 12.3. The predicted molar refractivity (Wildman–Crippen MR) is 99.4 cm³/mol. The Morgan fingerprint density at radius 2 is 1.60 bits per heavy atom. The molecular weight excluding hydrogens is 316 g/mol. The first kappa shape index (κ1) is 16.6. The largest absolute Gasteiger partial charge is 0.497 e. The van der Waals surface area contributed by atoms with Gasteiger partial charge in [-0.2, -0.15) is 0 Å². The fourth-order valence-electron chi connectivity index (χ4n) is 2.65. The monoisotopic (exact) mass is 336 g/mol. The number of nitrogens with one attached hydrogen (secondary N) is 2. The Hall–Kier alpha value is -3.21. The fraction of sp³-hybridized carbons (Fsp3) is 0.150. The molecule has 3 aromatic rings. The van der Waals surface area contributed by atoms with Crippen molar-refractivity contribution in [3.8, 4) is 11.5 Å². The number of hydrogen-bond donors (Lipinski definition) is 2. The molecule has 0 heterocycles. The maximum atomic E-state index is 12.3. The molecule has 0 aromatic heterocycles. The summed E-state index contributed by atoms with van der Waals surface area (Å²) in [6, 6.07) is 19.0. The van der Waals surface area contributed by atoms with Crippen LogP contribution in [0.2, 0.25) is 0 Å². The van der Waals surface area contributed by atoms with Gasteiger partial charge in [0, 0.05) is 18.0 Å². The average molecular weight is 336 g/mol. The first-order chi connectivity index (χ1) is 12.2. The van der Waals surface area contributed by atoms with Crippen molar-refractivity contribution in [1.29, 1.82) is 0 Å². The third-order valence-corrected chi connectivity index (χ3v) is 3.90. The van der Waals surface area contributed by atoms with Crippen LogP contribution in [0, 0.1) is 0 Å². The van der Waals surface area contributed by atoms with Crippen molar-refractivity contribution in [1.82, 2.24) is 5.32 Å². The standard InChI is InChI=1S/C20H20N2O3/c1-24-16-10-14(11-17(12-16)25-2)13-21-20(23)22-19-9-5-7-15-6-3-4-8-18(15)19/h3-12H,13H2,1-2H3,(H2,21,22,23). The van der Waals surface area contributed by atoms with Crippen molar-refractivity contribution in [2.75, 3.05) is 19.5 Å². The smallest absolute Gasteiger partial charge is 0.319 e. The van der Waals surface area contributed by atoms with Crippen LogP contribution >= 0.6 is 0 Å². The van der Waals surface area contributed by atoms with Crippen LogP contribution in [0.1, 0.15) is 5.56 Å². The lowest BCUT2D eigenvalue weighted by Gasteiger charge is -2.12. The molecule has 3 rings (SSSR count). The molecule has 0 radical (unpaired) electrons. The summed E-state index contributed by atoms with van der Waals surface area (Å²) in [6.45, 7) is 0.365. The van der Waals surface area contributed by atoms with E-state index in [1.54, 1.807) is 20.3 Å². The topological polar surface area (TPSA) is 59.6 Å². The molecule has 0 bridgehead atoms. The van der Waals surface area contributed by atoms with E-state index in [9.17, 15) is 4.79 Å². The van der Waals surface area contributed by atoms with E-state index in [0.717, 1.165) is 22.0 Å². The Balaban J connectivity index is 1.69. The Kier molecular flexibility index (Phi) is 5.04. The second kappa shape index (κ2) is 7.57. The zero-order valence-corrected chi connectivity index (χ0v) is 14.2. The van der Waals surface area contributed by atoms with Gasteiger partial charge in [-0.25, -0.2) is 4.79 Å². The highest BCUT2D eigenvalue weighted by Gasteiger charge is 2.07. The number of hydrogen-bond acceptors (Lipinski definition) is 3. The van der Waals surface area contributed by atoms with Crippen molar-refractivity contribution in [3.05, 3.63) is 66.2 Å². The van der Waals surface area contributed by atoms with Gasteiger partial charge < -0.3 is 20.1 Å². The van der Waals surface area contributed by atoms with Crippen molar-refractivity contribution in [3.63, 3.8) is 0 Å². The molecule has 5 heteroatoms. The van der Waals surface area contributed by atoms with E-state index in [4.69, 9.17) is 9.47 Å². The summed E-state index contributed by atoms with van der Waals surface area (Å²) in [7, 11) is 3.19. The number of ether oxygens (including phenoxy) is 2. The molecule has 0 aliphatic heterocycles. The molecule has 0 saturated carbocycles. The van der Waals surface area contributed by atoms with E-state index >= 15 is 0 Å². The van der Waals surface area contributed by atoms with Crippen molar-refractivity contribution in [2.45, 2.75) is 6.54 Å². The Morgan fingerprint density at radius 1 is 0.920 bits per heavy atom. The highest BCUT2D eigenvalue weighted by molar-refractivity contribution is 6.01. The lowest BCUT2D eigenvalue weighted by atomic mass is 10.1. The van der Waals surface area contributed by atoms with Crippen molar-refractivity contribution in [2.24, 2.45) is 0 Å². The maximum Gasteiger partial charge on any atom is 0.319 e. The molecule has 2 N–H and O–H groups in total. The van der Waals surface area contributed by atoms with Crippen LogP contribution in [-0.4, -0.2) is 20.3 Å². The van der Waals surface area contributed by atoms with Crippen molar-refractivity contribution < 1.29 is 14.3 Å². The van der Waals surface area contributed by atoms with Gasteiger partial charge >= 0.3 is 6.03 Å². The number of anilines is 1. The number of amides is 2. The molecule has 0 aliphatic rings. The van der Waals surface area contributed by atoms with Crippen LogP contribution in [-0.2, 0) is 6.54 Å². The van der Waals surface area contributed by atoms with Crippen LogP contribution in [0.4, 0.5) is 10.5 Å². The molecule has 5 nitrogen and oxygen atoms in total. The third kappa shape index (κ3) is 4.01. The summed E-state index contributed by atoms with van der Waals surface area (Å²) in [5.74, 6) is 1.37. The first-order valence-electron chi connectivity index (χ1n) is 7.94. The predicted octanol–water partition coefficient (Wildman–Crippen LogP) is 4.18. The Bertz CT molecular complexity index is 865. The molecule has 0 aliphatic carbocycles. The molecule has 2 amide bonds. The highest BCUT2D eigenvalue weighted by Crippen LogP contribution is 2.24. The van der Waals surface area contributed by atoms with Gasteiger partial charge in [-0.3, -0.25) is 0 Å². The number of urea groups is 1. The average Bonchev–Trinajstić information content (AvgIpc) is 2.66. The van der Waals surface area contributed by atoms with Crippen LogP contribution in [0.3, 0.4) is 0 Å². The lowest BCUT2D eigenvalue weighted by molar-refractivity contribution is 0.251. The molecular formula is C20H20N2O3. The second-order valence-electron chi connectivity index (χ2n) is 5.56. The minimum atomic E-state index is -0.266. The summed E-state index contributed by atoms with van der Waals surface area (Å²) in [5.41, 5.74) is 1.67. The molecule has 128 valence electrons. The Labute approximate surface area is 146 Å². The molecule has 0 spiro atoms. The second-order valence-corrected chi connectivity index (χ2v) is 5.56. The maximum absolute atomic E-state index is 12.3. The first-order valence-corrected chi connectivity index (χ1v) is 7.94. The summed E-state index contributed by atoms with van der Waals surface area (Å²) in [5, 5.41) is 7.84. The van der Waals surface area contributed by atoms with Gasteiger partial charge in [0.1, 0.15) is 11.5 Å². The van der Waals surface area contributed by atoms with Gasteiger partial charge in [-0.05, 0) is 29.1 Å². The van der Waals surface area contributed by atoms with E-state index in [-0.39, 0.29) is 6.03 Å². The molecule has 0 fully saturated rings. The van der Waals surface area contributed by atoms with Crippen LogP contribution in [0.15, 0.2) is 60.7 Å². The zero-order valence-electron chi connectivity index (χ0n) is 14.2. The fourth-order valence-corrected chi connectivity index (χ4v) is 2.65. The quantitative estimate of drug-likeness (QED) is 0.735. The van der Waals surface area contributed by atoms with Crippen molar-refractivity contribution >= 4 is 22.5 Å². The normalized spacial score (nSPS) is 10.3. The molecule has 3 aromatic carbocycles. The lowest BCUT2D eigenvalue weighted by Crippen LogP contribution is -2.28. The summed E-state index contributed by atoms with van der Waals surface area (Å²) in [6.07, 6.45) is 0. The van der Waals surface area contributed by atoms with E-state index in [1.165, 1.54) is 0 Å². The third-order valence-electron chi connectivity index (χ3n) is 3.90. The van der Waals surface area contributed by atoms with Gasteiger partial charge in [-0.15, -0.1) is 0 Å². The number of fused-ring (bicyclic) bond motifs is 1. The summed E-state index contributed by atoms with van der Waals surface area (Å²) < 4.78 is 10.5. The van der Waals surface area contributed by atoms with Gasteiger partial charge in [0.25, 0.3) is 0 Å². The van der Waals surface area contributed by atoms with E-state index in [2.05, 4.69) is 10.6 Å². The SMILES string of the molecule is COc1cc(CNC(=O)Nc2cccc3ccccc23)cc(OC)c1. The van der Waals surface area contributed by atoms with Gasteiger partial charge in [0.15, 0.2) is 0 Å². The summed E-state index contributed by atoms with van der Waals surface area (Å²) >= 11 is 0. The molecule has 0 unspecified atom stereocenters. The van der Waals surface area contributed by atoms with Crippen LogP contribution in [0.25, 0.3) is 10.8 Å². The van der Waals surface area contributed by atoms with E-state index < -0.39 is 0 Å². The molecule has 25 heavy (non-hydrogen) atoms. The van der Waals surface area contributed by atoms with Gasteiger partial charge in [-0.1, -0.05) is 36.4 Å². The number of rotatable bonds is 5. The van der Waals surface area contributed by atoms with Crippen LogP contribution < -0.4 is 20.1 Å². The number of methoxy groups -OCH3 is 2. The van der Waals surface area contributed by atoms with E-state index in [1.807, 2.05) is 54.6 Å². The minimum absolute atomic E-state index is 0.266. The van der Waals surface area contributed by atoms with Crippen LogP contribution in [0.5, 0.6) is 11.5 Å². The molecule has 0 saturated heterocycles. The van der Waals surface area contributed by atoms with Gasteiger partial charge in [0.2, 0.25) is 0 Å². The van der Waals surface area contributed by atoms with Gasteiger partial charge in [0.05, 0.1) is 19.9 Å². The zero-order chi connectivity index (χ0) is 17.6. The number of carbonyl (C=O) groups is 1. The van der Waals surface area contributed by atoms with E-state index in [0.29, 0.717) is 18.0 Å².